The van der Waals surface area contributed by atoms with Gasteiger partial charge in [0.1, 0.15) is 18.0 Å². The Morgan fingerprint density at radius 1 is 0.955 bits per heavy atom. The van der Waals surface area contributed by atoms with Crippen LogP contribution in [0.3, 0.4) is 0 Å². The summed E-state index contributed by atoms with van der Waals surface area (Å²) in [5.41, 5.74) is -2.32. The Morgan fingerprint density at radius 3 is 2.02 bits per heavy atom. The minimum atomic E-state index is -2.30. The molecule has 3 aromatic carbocycles. The maximum atomic E-state index is 16.9. The van der Waals surface area contributed by atoms with E-state index in [9.17, 15) is 9.59 Å². The third-order valence-corrected chi connectivity index (χ3v) is 8.04. The Kier molecular flexibility index (Phi) is 8.09. The van der Waals surface area contributed by atoms with Crippen LogP contribution in [0.4, 0.5) is 4.39 Å². The molecule has 1 fully saturated rings. The standard InChI is InChI=1S/C33H29FN4O5S/c1-32(34)28(43-31(44)37-20-18-35-22-37)26(42-29(32)38-19-17-27(39)36-30(38)40)21-41-33(23-11-5-2-6-12-23,24-13-7-3-8-14-24)25-15-9-4-10-16-25/h2-20,22,26,28-29H,21H2,1H3,(H,36,39,40)/t26-,28-,29-,32-/m1/s1. The largest absolute Gasteiger partial charge is 0.461 e. The summed E-state index contributed by atoms with van der Waals surface area (Å²) in [6, 6.07) is 30.3. The number of nitrogens with one attached hydrogen (secondary N) is 1. The molecule has 4 atom stereocenters. The first-order valence-electron chi connectivity index (χ1n) is 14.0. The SMILES string of the molecule is C[C@@]1(F)[C@H](OC(=S)n2ccnc2)[C@@H](COC(c2ccccc2)(c2ccccc2)c2ccccc2)O[C@H]1n1ccc(=O)[nH]c1=O. The molecule has 1 N–H and O–H groups in total. The van der Waals surface area contributed by atoms with Crippen LogP contribution in [0, 0.1) is 0 Å². The molecule has 0 bridgehead atoms. The first-order valence-corrected chi connectivity index (χ1v) is 14.4. The van der Waals surface area contributed by atoms with Crippen molar-refractivity contribution in [3.8, 4) is 0 Å². The minimum Gasteiger partial charge on any atom is -0.461 e. The highest BCUT2D eigenvalue weighted by Gasteiger charge is 2.58. The lowest BCUT2D eigenvalue weighted by molar-refractivity contribution is -0.0960. The van der Waals surface area contributed by atoms with Crippen molar-refractivity contribution in [1.29, 1.82) is 0 Å². The van der Waals surface area contributed by atoms with Crippen molar-refractivity contribution in [3.05, 3.63) is 160 Å². The topological polar surface area (TPSA) is 100 Å². The van der Waals surface area contributed by atoms with E-state index in [1.807, 2.05) is 91.0 Å². The lowest BCUT2D eigenvalue weighted by atomic mass is 9.80. The normalized spacial score (nSPS) is 21.6. The van der Waals surface area contributed by atoms with Crippen molar-refractivity contribution in [3.63, 3.8) is 0 Å². The van der Waals surface area contributed by atoms with Gasteiger partial charge in [-0.1, -0.05) is 91.0 Å². The maximum absolute atomic E-state index is 16.9. The van der Waals surface area contributed by atoms with Crippen molar-refractivity contribution in [1.82, 2.24) is 19.1 Å². The summed E-state index contributed by atoms with van der Waals surface area (Å²) in [6.45, 7) is 1.11. The zero-order valence-corrected chi connectivity index (χ0v) is 24.5. The Hall–Kier alpha value is -4.71. The van der Waals surface area contributed by atoms with Gasteiger partial charge in [0, 0.05) is 24.7 Å². The third kappa shape index (κ3) is 5.41. The Labute approximate surface area is 257 Å². The molecule has 9 nitrogen and oxygen atoms in total. The fourth-order valence-electron chi connectivity index (χ4n) is 5.65. The molecule has 11 heteroatoms. The minimum absolute atomic E-state index is 0.0557. The molecule has 0 radical (unpaired) electrons. The van der Waals surface area contributed by atoms with Gasteiger partial charge in [0.05, 0.1) is 6.61 Å². The van der Waals surface area contributed by atoms with E-state index in [0.29, 0.717) is 0 Å². The van der Waals surface area contributed by atoms with Crippen LogP contribution in [0.15, 0.2) is 132 Å². The van der Waals surface area contributed by atoms with Gasteiger partial charge in [0.25, 0.3) is 10.7 Å². The molecule has 44 heavy (non-hydrogen) atoms. The van der Waals surface area contributed by atoms with Gasteiger partial charge in [-0.2, -0.15) is 0 Å². The molecule has 6 rings (SSSR count). The van der Waals surface area contributed by atoms with Crippen molar-refractivity contribution in [2.24, 2.45) is 0 Å². The summed E-state index contributed by atoms with van der Waals surface area (Å²) in [4.78, 5) is 30.7. The zero-order chi connectivity index (χ0) is 30.7. The van der Waals surface area contributed by atoms with Crippen molar-refractivity contribution in [2.75, 3.05) is 6.61 Å². The number of benzene rings is 3. The first-order chi connectivity index (χ1) is 21.3. The maximum Gasteiger partial charge on any atom is 0.330 e. The van der Waals surface area contributed by atoms with E-state index in [0.717, 1.165) is 27.3 Å². The van der Waals surface area contributed by atoms with E-state index >= 15 is 4.39 Å². The average molecular weight is 613 g/mol. The quantitative estimate of drug-likeness (QED) is 0.202. The van der Waals surface area contributed by atoms with Crippen LogP contribution < -0.4 is 11.2 Å². The highest BCUT2D eigenvalue weighted by molar-refractivity contribution is 7.80. The predicted octanol–water partition coefficient (Wildman–Crippen LogP) is 4.59. The lowest BCUT2D eigenvalue weighted by Crippen LogP contribution is -2.47. The summed E-state index contributed by atoms with van der Waals surface area (Å²) in [7, 11) is 0. The van der Waals surface area contributed by atoms with Crippen molar-refractivity contribution < 1.29 is 18.6 Å². The van der Waals surface area contributed by atoms with Crippen LogP contribution in [0.1, 0.15) is 29.8 Å². The van der Waals surface area contributed by atoms with Gasteiger partial charge in [-0.3, -0.25) is 18.9 Å². The van der Waals surface area contributed by atoms with E-state index in [-0.39, 0.29) is 11.8 Å². The number of ether oxygens (including phenoxy) is 3. The molecule has 0 saturated carbocycles. The first kappa shape index (κ1) is 29.4. The van der Waals surface area contributed by atoms with Gasteiger partial charge in [0.15, 0.2) is 18.0 Å². The third-order valence-electron chi connectivity index (χ3n) is 7.73. The van der Waals surface area contributed by atoms with E-state index < -0.39 is 41.0 Å². The van der Waals surface area contributed by atoms with Crippen LogP contribution in [0.25, 0.3) is 0 Å². The Morgan fingerprint density at radius 2 is 1.52 bits per heavy atom. The number of aromatic nitrogens is 4. The molecule has 0 aliphatic carbocycles. The molecule has 0 spiro atoms. The van der Waals surface area contributed by atoms with Crippen LogP contribution >= 0.6 is 12.2 Å². The van der Waals surface area contributed by atoms with Crippen LogP contribution in [-0.2, 0) is 19.8 Å². The molecule has 2 aromatic heterocycles. The van der Waals surface area contributed by atoms with Gasteiger partial charge in [-0.05, 0) is 35.8 Å². The Bertz CT molecular complexity index is 1730. The fraction of sp³-hybridized carbons (Fsp3) is 0.212. The van der Waals surface area contributed by atoms with Crippen LogP contribution in [-0.4, -0.2) is 48.8 Å². The molecule has 5 aromatic rings. The number of thiocarbonyl (C=S) groups is 1. The summed E-state index contributed by atoms with van der Waals surface area (Å²) >= 11 is 5.47. The van der Waals surface area contributed by atoms with E-state index in [4.69, 9.17) is 26.4 Å². The van der Waals surface area contributed by atoms with Gasteiger partial charge in [0.2, 0.25) is 0 Å². The van der Waals surface area contributed by atoms with Gasteiger partial charge >= 0.3 is 5.69 Å². The molecule has 0 unspecified atom stereocenters. The number of alkyl halides is 1. The lowest BCUT2D eigenvalue weighted by Gasteiger charge is -2.37. The summed E-state index contributed by atoms with van der Waals surface area (Å²) < 4.78 is 38.6. The molecular weight excluding hydrogens is 583 g/mol. The Balaban J connectivity index is 1.43. The number of imidazole rings is 1. The highest BCUT2D eigenvalue weighted by Crippen LogP contribution is 2.45. The summed E-state index contributed by atoms with van der Waals surface area (Å²) in [6.07, 6.45) is 1.90. The monoisotopic (exact) mass is 612 g/mol. The molecule has 3 heterocycles. The number of hydrogen-bond donors (Lipinski definition) is 1. The number of halogens is 1. The average Bonchev–Trinajstić information content (AvgIpc) is 3.67. The second-order valence-corrected chi connectivity index (χ2v) is 10.9. The summed E-state index contributed by atoms with van der Waals surface area (Å²) in [5.74, 6) is 0. The van der Waals surface area contributed by atoms with Gasteiger partial charge in [-0.15, -0.1) is 0 Å². The fourth-order valence-corrected chi connectivity index (χ4v) is 5.87. The predicted molar refractivity (Wildman–Crippen MR) is 165 cm³/mol. The van der Waals surface area contributed by atoms with E-state index in [1.54, 1.807) is 6.20 Å². The number of nitrogens with zero attached hydrogens (tertiary/aromatic N) is 3. The zero-order valence-electron chi connectivity index (χ0n) is 23.7. The molecule has 1 saturated heterocycles. The van der Waals surface area contributed by atoms with Crippen LogP contribution in [0.5, 0.6) is 0 Å². The van der Waals surface area contributed by atoms with E-state index in [1.165, 1.54) is 30.2 Å². The smallest absolute Gasteiger partial charge is 0.330 e. The number of rotatable bonds is 8. The van der Waals surface area contributed by atoms with Crippen molar-refractivity contribution >= 4 is 17.4 Å². The van der Waals surface area contributed by atoms with Gasteiger partial charge < -0.3 is 14.2 Å². The number of H-pyrrole nitrogens is 1. The molecule has 0 amide bonds. The summed E-state index contributed by atoms with van der Waals surface area (Å²) in [5, 5.41) is -0.0557. The highest BCUT2D eigenvalue weighted by atomic mass is 32.1. The molecule has 1 aliphatic rings. The molecule has 1 aliphatic heterocycles. The van der Waals surface area contributed by atoms with Gasteiger partial charge in [-0.25, -0.2) is 14.2 Å². The van der Waals surface area contributed by atoms with Crippen molar-refractivity contribution in [2.45, 2.75) is 36.6 Å². The van der Waals surface area contributed by atoms with E-state index in [2.05, 4.69) is 9.97 Å². The second kappa shape index (κ2) is 12.1. The van der Waals surface area contributed by atoms with Crippen LogP contribution in [0.2, 0.25) is 0 Å². The second-order valence-electron chi connectivity index (χ2n) is 10.6. The number of hydrogen-bond acceptors (Lipinski definition) is 7. The molecule has 224 valence electrons. The molecular formula is C33H29FN4O5S. The number of aromatic amines is 1.